The summed E-state index contributed by atoms with van der Waals surface area (Å²) in [6.45, 7) is 1.82. The molecule has 3 N–H and O–H groups in total. The molecule has 4 atom stereocenters. The largest absolute Gasteiger partial charge is 0.497 e. The van der Waals surface area contributed by atoms with Crippen LogP contribution in [0.1, 0.15) is 89.3 Å². The second-order valence-corrected chi connectivity index (χ2v) is 11.2. The average Bonchev–Trinajstić information content (AvgIpc) is 3.54. The van der Waals surface area contributed by atoms with Gasteiger partial charge in [0, 0.05) is 41.5 Å². The molecule has 198 valence electrons. The Morgan fingerprint density at radius 2 is 2.00 bits per heavy atom. The van der Waals surface area contributed by atoms with E-state index in [0.29, 0.717) is 6.04 Å². The molecule has 2 heterocycles. The van der Waals surface area contributed by atoms with Gasteiger partial charge in [0.05, 0.1) is 29.7 Å². The minimum Gasteiger partial charge on any atom is -0.497 e. The number of halogens is 1. The first-order valence-corrected chi connectivity index (χ1v) is 14.5. The number of nitrogens with zero attached hydrogens (tertiary/aromatic N) is 2. The molecule has 4 rings (SSSR count). The van der Waals surface area contributed by atoms with Gasteiger partial charge in [0.25, 0.3) is 0 Å². The molecule has 1 aliphatic carbocycles. The number of ether oxygens (including phenoxy) is 1. The smallest absolute Gasteiger partial charge is 0.120 e. The minimum atomic E-state index is -0.332. The number of methoxy groups -OCH3 is 1. The topological polar surface area (TPSA) is 64.6 Å². The molecule has 2 aromatic rings. The number of fused-ring (bicyclic) bond motifs is 1. The van der Waals surface area contributed by atoms with Crippen molar-refractivity contribution in [2.45, 2.75) is 95.4 Å². The summed E-state index contributed by atoms with van der Waals surface area (Å²) in [5.41, 5.74) is 10.8. The molecule has 1 fully saturated rings. The van der Waals surface area contributed by atoms with Crippen molar-refractivity contribution < 1.29 is 9.13 Å². The molecule has 0 bridgehead atoms. The van der Waals surface area contributed by atoms with E-state index in [0.717, 1.165) is 91.5 Å². The van der Waals surface area contributed by atoms with Gasteiger partial charge >= 0.3 is 0 Å². The van der Waals surface area contributed by atoms with Gasteiger partial charge in [0.1, 0.15) is 12.4 Å². The Balaban J connectivity index is 1.68. The van der Waals surface area contributed by atoms with E-state index in [9.17, 15) is 4.39 Å². The van der Waals surface area contributed by atoms with Crippen LogP contribution in [0.15, 0.2) is 29.3 Å². The maximum atomic E-state index is 13.7. The zero-order chi connectivity index (χ0) is 25.5. The van der Waals surface area contributed by atoms with E-state index in [1.54, 1.807) is 7.11 Å². The Bertz CT molecular complexity index is 1060. The predicted octanol–water partition coefficient (Wildman–Crippen LogP) is 7.27. The monoisotopic (exact) mass is 514 g/mol. The average molecular weight is 515 g/mol. The summed E-state index contributed by atoms with van der Waals surface area (Å²) in [6, 6.07) is 6.51. The summed E-state index contributed by atoms with van der Waals surface area (Å²) in [7, 11) is 4.63. The van der Waals surface area contributed by atoms with Crippen molar-refractivity contribution in [3.05, 3.63) is 30.0 Å². The van der Waals surface area contributed by atoms with E-state index in [1.165, 1.54) is 12.8 Å². The molecule has 0 amide bonds. The number of unbranched alkanes of at least 4 members (excludes halogenated alkanes) is 1. The molecule has 1 aliphatic heterocycles. The van der Waals surface area contributed by atoms with Crippen LogP contribution in [0.4, 0.5) is 10.1 Å². The first-order chi connectivity index (χ1) is 17.6. The molecule has 0 saturated heterocycles. The number of hydrogen-bond acceptors (Lipinski definition) is 4. The molecule has 4 unspecified atom stereocenters. The molecular formula is C29H44FN4OP. The predicted molar refractivity (Wildman–Crippen MR) is 155 cm³/mol. The van der Waals surface area contributed by atoms with E-state index in [-0.39, 0.29) is 24.4 Å². The molecule has 36 heavy (non-hydrogen) atoms. The lowest BCUT2D eigenvalue weighted by Crippen LogP contribution is -2.41. The number of aromatic nitrogens is 1. The second kappa shape index (κ2) is 13.1. The van der Waals surface area contributed by atoms with E-state index in [2.05, 4.69) is 50.5 Å². The molecule has 0 spiro atoms. The highest BCUT2D eigenvalue weighted by molar-refractivity contribution is 7.17. The summed E-state index contributed by atoms with van der Waals surface area (Å²) < 4.78 is 21.7. The summed E-state index contributed by atoms with van der Waals surface area (Å²) >= 11 is 0. The van der Waals surface area contributed by atoms with Crippen molar-refractivity contribution in [3.8, 4) is 5.75 Å². The van der Waals surface area contributed by atoms with E-state index < -0.39 is 0 Å². The lowest BCUT2D eigenvalue weighted by Gasteiger charge is -2.26. The summed E-state index contributed by atoms with van der Waals surface area (Å²) in [5, 5.41) is 4.60. The third kappa shape index (κ3) is 6.14. The Labute approximate surface area is 218 Å². The second-order valence-electron chi connectivity index (χ2n) is 10.5. The number of hydrogen-bond donors (Lipinski definition) is 2. The fraction of sp³-hybridized carbons (Fsp3) is 0.621. The zero-order valence-electron chi connectivity index (χ0n) is 22.0. The van der Waals surface area contributed by atoms with Gasteiger partial charge in [-0.05, 0) is 50.7 Å². The van der Waals surface area contributed by atoms with Crippen LogP contribution >= 0.6 is 9.24 Å². The van der Waals surface area contributed by atoms with E-state index in [1.807, 2.05) is 6.07 Å². The number of benzene rings is 1. The Hall–Kier alpha value is -1.91. The highest BCUT2D eigenvalue weighted by atomic mass is 31.0. The normalized spacial score (nSPS) is 22.6. The molecule has 2 aliphatic rings. The molecule has 5 nitrogen and oxygen atoms in total. The third-order valence-electron chi connectivity index (χ3n) is 7.90. The zero-order valence-corrected chi connectivity index (χ0v) is 23.2. The molecule has 7 heteroatoms. The van der Waals surface area contributed by atoms with Gasteiger partial charge < -0.3 is 20.4 Å². The van der Waals surface area contributed by atoms with Gasteiger partial charge in [0.2, 0.25) is 0 Å². The number of nitrogen functional groups attached to an aromatic ring is 1. The fourth-order valence-corrected chi connectivity index (χ4v) is 6.36. The standard InChI is InChI=1S/C29H44FN4OP/c1-3-4-11-21(18-30)33-29(36)20-10-6-5-7-14-25(32-19-20)28-27(31)24-16-15-23(35-2)17-26(24)34(28)22-12-8-9-13-22/h14-17,19-22,29,33H,3-13,18,31,36H2,1-2H3/b25-14+,32-19?. The SMILES string of the molecule is CCCCC(CF)NC(P)C1C=N/C(c2c(N)c3ccc(OC)cc3n2C2CCCC2)=C/CCCC1. The number of alkyl halides is 1. The van der Waals surface area contributed by atoms with E-state index in [4.69, 9.17) is 15.5 Å². The number of nitrogens with two attached hydrogens (primary N) is 1. The third-order valence-corrected chi connectivity index (χ3v) is 8.59. The molecule has 1 aromatic heterocycles. The highest BCUT2D eigenvalue weighted by Crippen LogP contribution is 2.42. The summed E-state index contributed by atoms with van der Waals surface area (Å²) in [6.07, 6.45) is 16.4. The van der Waals surface area contributed by atoms with E-state index >= 15 is 0 Å². The van der Waals surface area contributed by atoms with Gasteiger partial charge in [-0.15, -0.1) is 9.24 Å². The fourth-order valence-electron chi connectivity index (χ4n) is 5.79. The summed E-state index contributed by atoms with van der Waals surface area (Å²) in [4.78, 5) is 5.10. The van der Waals surface area contributed by atoms with Crippen molar-refractivity contribution in [2.75, 3.05) is 19.5 Å². The van der Waals surface area contributed by atoms with Gasteiger partial charge in [-0.1, -0.05) is 45.1 Å². The van der Waals surface area contributed by atoms with Crippen LogP contribution in [0.25, 0.3) is 16.6 Å². The van der Waals surface area contributed by atoms with Crippen molar-refractivity contribution in [3.63, 3.8) is 0 Å². The van der Waals surface area contributed by atoms with Gasteiger partial charge in [0.15, 0.2) is 0 Å². The maximum absolute atomic E-state index is 13.7. The highest BCUT2D eigenvalue weighted by Gasteiger charge is 2.27. The molecule has 1 aromatic carbocycles. The molecular weight excluding hydrogens is 470 g/mol. The number of nitrogens with one attached hydrogen (secondary N) is 1. The lowest BCUT2D eigenvalue weighted by atomic mass is 10.0. The van der Waals surface area contributed by atoms with Crippen molar-refractivity contribution in [1.29, 1.82) is 0 Å². The Morgan fingerprint density at radius 1 is 1.22 bits per heavy atom. The van der Waals surface area contributed by atoms with Crippen LogP contribution in [0.3, 0.4) is 0 Å². The Morgan fingerprint density at radius 3 is 2.72 bits per heavy atom. The van der Waals surface area contributed by atoms with Crippen molar-refractivity contribution in [1.82, 2.24) is 9.88 Å². The lowest BCUT2D eigenvalue weighted by molar-refractivity contribution is 0.331. The van der Waals surface area contributed by atoms with Crippen LogP contribution in [-0.4, -0.2) is 36.4 Å². The number of anilines is 1. The van der Waals surface area contributed by atoms with Crippen molar-refractivity contribution in [2.24, 2.45) is 10.9 Å². The Kier molecular flexibility index (Phi) is 9.84. The first-order valence-electron chi connectivity index (χ1n) is 13.9. The van der Waals surface area contributed by atoms with Crippen LogP contribution in [0.5, 0.6) is 5.75 Å². The van der Waals surface area contributed by atoms with Crippen LogP contribution in [0, 0.1) is 5.92 Å². The van der Waals surface area contributed by atoms with Gasteiger partial charge in [-0.2, -0.15) is 0 Å². The van der Waals surface area contributed by atoms with Crippen LogP contribution < -0.4 is 15.8 Å². The number of rotatable bonds is 10. The number of aliphatic imine (C=N–C) groups is 1. The number of allylic oxidation sites excluding steroid dienone is 1. The molecule has 1 saturated carbocycles. The van der Waals surface area contributed by atoms with Crippen LogP contribution in [-0.2, 0) is 0 Å². The van der Waals surface area contributed by atoms with Crippen LogP contribution in [0.2, 0.25) is 0 Å². The van der Waals surface area contributed by atoms with Gasteiger partial charge in [-0.25, -0.2) is 4.39 Å². The first kappa shape index (κ1) is 27.1. The molecule has 0 radical (unpaired) electrons. The quantitative estimate of drug-likeness (QED) is 0.328. The minimum absolute atomic E-state index is 0.0907. The maximum Gasteiger partial charge on any atom is 0.120 e. The summed E-state index contributed by atoms with van der Waals surface area (Å²) in [5.74, 6) is 1.16. The van der Waals surface area contributed by atoms with Crippen molar-refractivity contribution >= 4 is 37.7 Å². The van der Waals surface area contributed by atoms with Gasteiger partial charge in [-0.3, -0.25) is 4.99 Å².